The molecule has 3 aromatic rings. The van der Waals surface area contributed by atoms with Crippen LogP contribution < -0.4 is 14.8 Å². The van der Waals surface area contributed by atoms with E-state index in [1.165, 1.54) is 0 Å². The molecule has 1 N–H and O–H groups in total. The van der Waals surface area contributed by atoms with E-state index < -0.39 is 6.09 Å². The lowest BCUT2D eigenvalue weighted by molar-refractivity contribution is 0.201. The van der Waals surface area contributed by atoms with Crippen LogP contribution >= 0.6 is 0 Å². The largest absolute Gasteiger partial charge is 0.497 e. The monoisotopic (exact) mass is 335 g/mol. The van der Waals surface area contributed by atoms with Gasteiger partial charge in [0.1, 0.15) is 11.5 Å². The number of rotatable bonds is 5. The Kier molecular flexibility index (Phi) is 5.19. The zero-order chi connectivity index (χ0) is 17.6. The highest BCUT2D eigenvalue weighted by atomic mass is 16.6. The second-order valence-electron chi connectivity index (χ2n) is 5.85. The topological polar surface area (TPSA) is 47.6 Å². The summed E-state index contributed by atoms with van der Waals surface area (Å²) in [6, 6.07) is 19.7. The molecule has 0 aliphatic carbocycles. The Bertz CT molecular complexity index is 872. The number of benzene rings is 3. The lowest BCUT2D eigenvalue weighted by Crippen LogP contribution is -2.29. The Morgan fingerprint density at radius 3 is 2.52 bits per heavy atom. The van der Waals surface area contributed by atoms with Crippen molar-refractivity contribution < 1.29 is 14.3 Å². The van der Waals surface area contributed by atoms with Crippen LogP contribution in [0.4, 0.5) is 4.79 Å². The molecule has 3 rings (SSSR count). The average Bonchev–Trinajstić information content (AvgIpc) is 2.65. The first-order valence-corrected chi connectivity index (χ1v) is 8.24. The van der Waals surface area contributed by atoms with Gasteiger partial charge in [-0.05, 0) is 42.0 Å². The number of hydrogen-bond acceptors (Lipinski definition) is 3. The first-order chi connectivity index (χ1) is 12.2. The molecule has 0 saturated heterocycles. The fourth-order valence-corrected chi connectivity index (χ4v) is 2.72. The molecule has 0 aromatic heterocycles. The van der Waals surface area contributed by atoms with Crippen molar-refractivity contribution in [3.05, 3.63) is 71.8 Å². The van der Waals surface area contributed by atoms with Crippen LogP contribution in [-0.2, 0) is 6.42 Å². The Morgan fingerprint density at radius 2 is 1.76 bits per heavy atom. The van der Waals surface area contributed by atoms with Crippen molar-refractivity contribution in [2.45, 2.75) is 13.3 Å². The molecule has 128 valence electrons. The first-order valence-electron chi connectivity index (χ1n) is 8.24. The van der Waals surface area contributed by atoms with Crippen molar-refractivity contribution in [2.75, 3.05) is 13.7 Å². The Morgan fingerprint density at radius 1 is 1.00 bits per heavy atom. The van der Waals surface area contributed by atoms with Crippen LogP contribution in [0, 0.1) is 6.92 Å². The standard InChI is InChI=1S/C21H21NO3/c1-15-7-10-17-5-3-4-6-19(17)20(15)25-21(23)22-14-13-16-8-11-18(24-2)12-9-16/h3-12H,13-14H2,1-2H3,(H,22,23). The van der Waals surface area contributed by atoms with E-state index in [0.29, 0.717) is 12.3 Å². The number of ether oxygens (including phenoxy) is 2. The average molecular weight is 335 g/mol. The van der Waals surface area contributed by atoms with Crippen molar-refractivity contribution >= 4 is 16.9 Å². The number of carbonyl (C=O) groups excluding carboxylic acids is 1. The van der Waals surface area contributed by atoms with E-state index >= 15 is 0 Å². The molecule has 0 spiro atoms. The molecule has 1 amide bonds. The van der Waals surface area contributed by atoms with Crippen molar-refractivity contribution in [3.63, 3.8) is 0 Å². The minimum atomic E-state index is -0.437. The lowest BCUT2D eigenvalue weighted by atomic mass is 10.1. The van der Waals surface area contributed by atoms with E-state index in [1.54, 1.807) is 7.11 Å². The minimum absolute atomic E-state index is 0.437. The third-order valence-corrected chi connectivity index (χ3v) is 4.11. The van der Waals surface area contributed by atoms with E-state index in [2.05, 4.69) is 5.32 Å². The van der Waals surface area contributed by atoms with Gasteiger partial charge in [0.05, 0.1) is 7.11 Å². The number of amides is 1. The van der Waals surface area contributed by atoms with Gasteiger partial charge in [0.15, 0.2) is 0 Å². The third kappa shape index (κ3) is 4.10. The van der Waals surface area contributed by atoms with Gasteiger partial charge in [0.25, 0.3) is 0 Å². The predicted molar refractivity (Wildman–Crippen MR) is 99.4 cm³/mol. The maximum atomic E-state index is 12.1. The van der Waals surface area contributed by atoms with Crippen LogP contribution in [0.2, 0.25) is 0 Å². The number of fused-ring (bicyclic) bond motifs is 1. The summed E-state index contributed by atoms with van der Waals surface area (Å²) in [4.78, 5) is 12.1. The second-order valence-corrected chi connectivity index (χ2v) is 5.85. The van der Waals surface area contributed by atoms with Gasteiger partial charge in [-0.2, -0.15) is 0 Å². The first kappa shape index (κ1) is 16.8. The van der Waals surface area contributed by atoms with E-state index in [4.69, 9.17) is 9.47 Å². The molecule has 0 aliphatic heterocycles. The predicted octanol–water partition coefficient (Wildman–Crippen LogP) is 4.49. The second kappa shape index (κ2) is 7.71. The molecular weight excluding hydrogens is 314 g/mol. The van der Waals surface area contributed by atoms with Gasteiger partial charge in [-0.3, -0.25) is 0 Å². The highest BCUT2D eigenvalue weighted by molar-refractivity contribution is 5.91. The van der Waals surface area contributed by atoms with Crippen LogP contribution in [0.15, 0.2) is 60.7 Å². The zero-order valence-electron chi connectivity index (χ0n) is 14.4. The summed E-state index contributed by atoms with van der Waals surface area (Å²) in [5, 5.41) is 4.80. The highest BCUT2D eigenvalue weighted by Gasteiger charge is 2.10. The Balaban J connectivity index is 1.60. The molecule has 25 heavy (non-hydrogen) atoms. The number of nitrogens with one attached hydrogen (secondary N) is 1. The molecule has 0 fully saturated rings. The summed E-state index contributed by atoms with van der Waals surface area (Å²) < 4.78 is 10.7. The summed E-state index contributed by atoms with van der Waals surface area (Å²) in [6.07, 6.45) is 0.293. The van der Waals surface area contributed by atoms with Gasteiger partial charge in [0.2, 0.25) is 0 Å². The molecule has 3 aromatic carbocycles. The quantitative estimate of drug-likeness (QED) is 0.747. The molecule has 0 heterocycles. The van der Waals surface area contributed by atoms with Crippen molar-refractivity contribution in [3.8, 4) is 11.5 Å². The smallest absolute Gasteiger partial charge is 0.412 e. The van der Waals surface area contributed by atoms with E-state index in [-0.39, 0.29) is 0 Å². The maximum Gasteiger partial charge on any atom is 0.412 e. The number of aryl methyl sites for hydroxylation is 1. The summed E-state index contributed by atoms with van der Waals surface area (Å²) in [6.45, 7) is 2.45. The SMILES string of the molecule is COc1ccc(CCNC(=O)Oc2c(C)ccc3ccccc23)cc1. The minimum Gasteiger partial charge on any atom is -0.497 e. The van der Waals surface area contributed by atoms with Crippen molar-refractivity contribution in [1.82, 2.24) is 5.32 Å². The summed E-state index contributed by atoms with van der Waals surface area (Å²) >= 11 is 0. The van der Waals surface area contributed by atoms with Crippen LogP contribution in [0.5, 0.6) is 11.5 Å². The zero-order valence-corrected chi connectivity index (χ0v) is 14.4. The number of carbonyl (C=O) groups is 1. The summed E-state index contributed by atoms with van der Waals surface area (Å²) in [7, 11) is 1.64. The molecule has 0 saturated carbocycles. The summed E-state index contributed by atoms with van der Waals surface area (Å²) in [5.41, 5.74) is 2.06. The molecule has 4 heteroatoms. The van der Waals surface area contributed by atoms with Gasteiger partial charge in [0, 0.05) is 11.9 Å². The molecule has 0 unspecified atom stereocenters. The fraction of sp³-hybridized carbons (Fsp3) is 0.190. The van der Waals surface area contributed by atoms with Gasteiger partial charge >= 0.3 is 6.09 Å². The molecule has 0 radical (unpaired) electrons. The van der Waals surface area contributed by atoms with Crippen LogP contribution in [0.25, 0.3) is 10.8 Å². The van der Waals surface area contributed by atoms with Crippen LogP contribution in [0.3, 0.4) is 0 Å². The lowest BCUT2D eigenvalue weighted by Gasteiger charge is -2.12. The highest BCUT2D eigenvalue weighted by Crippen LogP contribution is 2.29. The number of hydrogen-bond donors (Lipinski definition) is 1. The van der Waals surface area contributed by atoms with Crippen molar-refractivity contribution in [1.29, 1.82) is 0 Å². The number of methoxy groups -OCH3 is 1. The maximum absolute atomic E-state index is 12.1. The Hall–Kier alpha value is -3.01. The van der Waals surface area contributed by atoms with Gasteiger partial charge in [-0.15, -0.1) is 0 Å². The van der Waals surface area contributed by atoms with Gasteiger partial charge in [-0.1, -0.05) is 48.5 Å². The van der Waals surface area contributed by atoms with E-state index in [1.807, 2.05) is 67.6 Å². The molecule has 4 nitrogen and oxygen atoms in total. The fourth-order valence-electron chi connectivity index (χ4n) is 2.72. The summed E-state index contributed by atoms with van der Waals surface area (Å²) in [5.74, 6) is 1.43. The third-order valence-electron chi connectivity index (χ3n) is 4.11. The molecule has 0 bridgehead atoms. The van der Waals surface area contributed by atoms with Gasteiger partial charge in [-0.25, -0.2) is 4.79 Å². The van der Waals surface area contributed by atoms with E-state index in [0.717, 1.165) is 34.1 Å². The van der Waals surface area contributed by atoms with Crippen LogP contribution in [0.1, 0.15) is 11.1 Å². The Labute approximate surface area is 147 Å². The van der Waals surface area contributed by atoms with E-state index in [9.17, 15) is 4.79 Å². The molecule has 0 aliphatic rings. The molecular formula is C21H21NO3. The van der Waals surface area contributed by atoms with Gasteiger partial charge < -0.3 is 14.8 Å². The normalized spacial score (nSPS) is 10.5. The van der Waals surface area contributed by atoms with Crippen LogP contribution in [-0.4, -0.2) is 19.7 Å². The molecule has 0 atom stereocenters. The van der Waals surface area contributed by atoms with Crippen molar-refractivity contribution in [2.24, 2.45) is 0 Å².